The predicted molar refractivity (Wildman–Crippen MR) is 296 cm³/mol. The molecule has 4 nitrogen and oxygen atoms in total. The van der Waals surface area contributed by atoms with Gasteiger partial charge in [-0.05, 0) is 208 Å². The third kappa shape index (κ3) is 7.08. The number of nitrogens with zero attached hydrogens (tertiary/aromatic N) is 4. The Kier molecular flexibility index (Phi) is 10.3. The van der Waals surface area contributed by atoms with Crippen molar-refractivity contribution in [2.24, 2.45) is 35.5 Å². The molecule has 0 saturated heterocycles. The molecule has 0 amide bonds. The van der Waals surface area contributed by atoms with Crippen LogP contribution in [0, 0.1) is 46.8 Å². The van der Waals surface area contributed by atoms with Crippen molar-refractivity contribution in [1.82, 2.24) is 15.0 Å². The average molecular weight is 949 g/mol. The Labute approximate surface area is 432 Å². The highest BCUT2D eigenvalue weighted by molar-refractivity contribution is 5.96. The molecule has 1 heterocycles. The summed E-state index contributed by atoms with van der Waals surface area (Å²) >= 11 is 0. The van der Waals surface area contributed by atoms with Crippen LogP contribution in [0.25, 0.3) is 67.5 Å². The van der Waals surface area contributed by atoms with E-state index in [2.05, 4.69) is 185 Å². The van der Waals surface area contributed by atoms with Gasteiger partial charge in [0.1, 0.15) is 0 Å². The Morgan fingerprint density at radius 3 is 1.47 bits per heavy atom. The van der Waals surface area contributed by atoms with E-state index in [0.29, 0.717) is 28.5 Å². The quantitative estimate of drug-likeness (QED) is 0.167. The summed E-state index contributed by atoms with van der Waals surface area (Å²) in [6.45, 7) is 9.90. The Morgan fingerprint density at radius 2 is 0.863 bits per heavy atom. The van der Waals surface area contributed by atoms with E-state index in [-0.39, 0.29) is 5.41 Å². The molecule has 4 fully saturated rings. The molecule has 8 aromatic rings. The average Bonchev–Trinajstić information content (AvgIpc) is 3.86. The van der Waals surface area contributed by atoms with Crippen LogP contribution in [0.2, 0.25) is 0 Å². The minimum absolute atomic E-state index is 0.180. The molecule has 0 aliphatic heterocycles. The summed E-state index contributed by atoms with van der Waals surface area (Å²) in [6, 6.07) is 61.0. The molecule has 4 bridgehead atoms. The Bertz CT molecular complexity index is 3520. The number of rotatable bonds is 6. The third-order valence-corrected chi connectivity index (χ3v) is 19.1. The second-order valence-corrected chi connectivity index (χ2v) is 24.4. The van der Waals surface area contributed by atoms with Crippen LogP contribution in [-0.2, 0) is 16.2 Å². The SMILES string of the molecule is C[C@@H]1CC2C[C@H](C)CC(c3ccc(-c4cccc(-c5nc(-c6cccc(C78CC(C[C@@H](C)C7)C[C@H](C)C8)c6)nc(-c6ccc7c(c6)-c6ccccc6C76c7ccccc7-c7ccc(C#N)cc76)n5)c4)cc3)(C2)C1. The Balaban J connectivity index is 0.904. The molecule has 7 aromatic carbocycles. The van der Waals surface area contributed by atoms with E-state index in [1.165, 1.54) is 125 Å². The van der Waals surface area contributed by atoms with Gasteiger partial charge in [0.25, 0.3) is 0 Å². The van der Waals surface area contributed by atoms with E-state index >= 15 is 0 Å². The first-order valence-electron chi connectivity index (χ1n) is 27.6. The minimum atomic E-state index is -0.560. The maximum atomic E-state index is 10.2. The first-order valence-corrected chi connectivity index (χ1v) is 27.6. The van der Waals surface area contributed by atoms with Gasteiger partial charge in [0, 0.05) is 16.7 Å². The zero-order valence-electron chi connectivity index (χ0n) is 42.8. The van der Waals surface area contributed by atoms with Gasteiger partial charge < -0.3 is 0 Å². The lowest BCUT2D eigenvalue weighted by Gasteiger charge is -2.50. The molecule has 4 heteroatoms. The molecule has 9 atom stereocenters. The van der Waals surface area contributed by atoms with Gasteiger partial charge in [-0.15, -0.1) is 0 Å². The molecule has 1 spiro atoms. The summed E-state index contributed by atoms with van der Waals surface area (Å²) in [4.78, 5) is 16.3. The van der Waals surface area contributed by atoms with Crippen LogP contribution in [0.4, 0.5) is 0 Å². The van der Waals surface area contributed by atoms with Crippen molar-refractivity contribution in [2.75, 3.05) is 0 Å². The first-order chi connectivity index (χ1) is 35.6. The highest BCUT2D eigenvalue weighted by Crippen LogP contribution is 2.63. The van der Waals surface area contributed by atoms with Crippen LogP contribution in [0.5, 0.6) is 0 Å². The standard InChI is InChI=1S/C69H64N4/c1-42-27-47-28-43(2)36-67(35-42,39-47)54-23-20-49(21-24-54)50-11-9-12-51(32-50)64-71-65(52-13-10-14-55(33-52)68-37-44(3)29-48(40-68)30-45(4)38-68)73-66(72-64)53-22-26-62-59(34-53)57-16-6-8-18-61(57)69(62)60-17-7-5-15-56(60)58-25-19-46(41-70)31-63(58)69/h5-26,31-34,42-45,47-48H,27-30,35-40H2,1-4H3/t42-,43+,44-,45+,47?,48?,67?,68?,69?. The second kappa shape index (κ2) is 16.8. The molecule has 0 radical (unpaired) electrons. The van der Waals surface area contributed by atoms with Crippen molar-refractivity contribution in [3.63, 3.8) is 0 Å². The zero-order chi connectivity index (χ0) is 49.2. The molecule has 5 unspecified atom stereocenters. The highest BCUT2D eigenvalue weighted by atomic mass is 15.0. The lowest BCUT2D eigenvalue weighted by molar-refractivity contribution is 0.0779. The van der Waals surface area contributed by atoms with E-state index < -0.39 is 5.41 Å². The summed E-state index contributed by atoms with van der Waals surface area (Å²) in [5, 5.41) is 10.2. The van der Waals surface area contributed by atoms with Gasteiger partial charge in [0.15, 0.2) is 17.5 Å². The van der Waals surface area contributed by atoms with Crippen LogP contribution in [-0.4, -0.2) is 15.0 Å². The van der Waals surface area contributed by atoms with Crippen molar-refractivity contribution in [3.05, 3.63) is 197 Å². The van der Waals surface area contributed by atoms with Crippen LogP contribution >= 0.6 is 0 Å². The van der Waals surface area contributed by atoms with E-state index in [4.69, 9.17) is 15.0 Å². The fraction of sp³-hybridized carbons (Fsp3) is 0.333. The van der Waals surface area contributed by atoms with Crippen LogP contribution in [0.1, 0.15) is 131 Å². The second-order valence-electron chi connectivity index (χ2n) is 24.4. The Morgan fingerprint density at radius 1 is 0.384 bits per heavy atom. The monoisotopic (exact) mass is 949 g/mol. The van der Waals surface area contributed by atoms with Gasteiger partial charge in [-0.25, -0.2) is 15.0 Å². The van der Waals surface area contributed by atoms with Crippen LogP contribution in [0.3, 0.4) is 0 Å². The highest BCUT2D eigenvalue weighted by Gasteiger charge is 2.52. The van der Waals surface area contributed by atoms with Gasteiger partial charge in [0.05, 0.1) is 17.0 Å². The first kappa shape index (κ1) is 44.7. The van der Waals surface area contributed by atoms with E-state index in [9.17, 15) is 5.26 Å². The van der Waals surface area contributed by atoms with Gasteiger partial charge >= 0.3 is 0 Å². The van der Waals surface area contributed by atoms with Gasteiger partial charge in [0.2, 0.25) is 0 Å². The number of hydrogen-bond donors (Lipinski definition) is 0. The number of aromatic nitrogens is 3. The molecule has 6 aliphatic rings. The van der Waals surface area contributed by atoms with E-state index in [0.717, 1.165) is 57.8 Å². The molecule has 4 saturated carbocycles. The van der Waals surface area contributed by atoms with Crippen molar-refractivity contribution in [3.8, 4) is 73.6 Å². The van der Waals surface area contributed by atoms with Crippen LogP contribution in [0.15, 0.2) is 158 Å². The van der Waals surface area contributed by atoms with Crippen molar-refractivity contribution < 1.29 is 0 Å². The maximum Gasteiger partial charge on any atom is 0.164 e. The van der Waals surface area contributed by atoms with Gasteiger partial charge in [-0.3, -0.25) is 0 Å². The molecular weight excluding hydrogens is 885 g/mol. The molecule has 1 aromatic heterocycles. The number of nitriles is 1. The fourth-order valence-electron chi connectivity index (χ4n) is 17.1. The smallest absolute Gasteiger partial charge is 0.164 e. The van der Waals surface area contributed by atoms with Crippen LogP contribution < -0.4 is 0 Å². The summed E-state index contributed by atoms with van der Waals surface area (Å²) in [6.07, 6.45) is 13.2. The lowest BCUT2D eigenvalue weighted by atomic mass is 9.54. The molecule has 360 valence electrons. The number of hydrogen-bond acceptors (Lipinski definition) is 4. The minimum Gasteiger partial charge on any atom is -0.208 e. The normalized spacial score (nSPS) is 28.2. The molecule has 14 rings (SSSR count). The predicted octanol–water partition coefficient (Wildman–Crippen LogP) is 17.0. The summed E-state index contributed by atoms with van der Waals surface area (Å²) < 4.78 is 0. The molecule has 73 heavy (non-hydrogen) atoms. The van der Waals surface area contributed by atoms with E-state index in [1.54, 1.807) is 0 Å². The summed E-state index contributed by atoms with van der Waals surface area (Å²) in [5.41, 5.74) is 18.6. The molecule has 0 N–H and O–H groups in total. The Hall–Kier alpha value is -6.96. The summed E-state index contributed by atoms with van der Waals surface area (Å²) in [7, 11) is 0. The topological polar surface area (TPSA) is 62.5 Å². The molecule has 6 aliphatic carbocycles. The zero-order valence-corrected chi connectivity index (χ0v) is 42.8. The van der Waals surface area contributed by atoms with Crippen molar-refractivity contribution >= 4 is 0 Å². The van der Waals surface area contributed by atoms with E-state index in [1.807, 2.05) is 6.07 Å². The third-order valence-electron chi connectivity index (χ3n) is 19.1. The van der Waals surface area contributed by atoms with Crippen molar-refractivity contribution in [1.29, 1.82) is 5.26 Å². The molecular formula is C69H64N4. The summed E-state index contributed by atoms with van der Waals surface area (Å²) in [5.74, 6) is 6.69. The van der Waals surface area contributed by atoms with Gasteiger partial charge in [-0.2, -0.15) is 5.26 Å². The fourth-order valence-corrected chi connectivity index (χ4v) is 17.1. The lowest BCUT2D eigenvalue weighted by Crippen LogP contribution is -2.42. The van der Waals surface area contributed by atoms with Crippen molar-refractivity contribution in [2.45, 2.75) is 108 Å². The number of benzene rings is 7. The van der Waals surface area contributed by atoms with Gasteiger partial charge in [-0.1, -0.05) is 155 Å². The largest absolute Gasteiger partial charge is 0.208 e. The maximum absolute atomic E-state index is 10.2. The number of fused-ring (bicyclic) bond motifs is 14.